The molecule has 1 aliphatic heterocycles. The average Bonchev–Trinajstić information content (AvgIpc) is 2.74. The summed E-state index contributed by atoms with van der Waals surface area (Å²) in [7, 11) is 0. The Morgan fingerprint density at radius 3 is 1.97 bits per heavy atom. The van der Waals surface area contributed by atoms with Gasteiger partial charge in [0.2, 0.25) is 11.8 Å². The first-order valence-electron chi connectivity index (χ1n) is 15.2. The van der Waals surface area contributed by atoms with E-state index in [2.05, 4.69) is 88.7 Å². The summed E-state index contributed by atoms with van der Waals surface area (Å²) in [6.45, 7) is 29.6. The fraction of sp³-hybridized carbons (Fsp3) is 0.935. The Hall–Kier alpha value is -1.22. The number of nitrogens with two attached hydrogens (primary N) is 1. The molecule has 1 aliphatic rings. The van der Waals surface area contributed by atoms with Gasteiger partial charge in [-0.3, -0.25) is 15.0 Å². The zero-order chi connectivity index (χ0) is 30.1. The topological polar surface area (TPSA) is 112 Å². The van der Waals surface area contributed by atoms with E-state index in [0.717, 1.165) is 51.9 Å². The summed E-state index contributed by atoms with van der Waals surface area (Å²) in [5.74, 6) is -0.189. The molecule has 0 aliphatic carbocycles. The van der Waals surface area contributed by atoms with Gasteiger partial charge in [-0.2, -0.15) is 0 Å². The third-order valence-electron chi connectivity index (χ3n) is 8.29. The Bertz CT molecular complexity index is 764. The third-order valence-corrected chi connectivity index (χ3v) is 8.29. The lowest BCUT2D eigenvalue weighted by atomic mass is 9.57. The lowest BCUT2D eigenvalue weighted by Gasteiger charge is -2.48. The molecule has 0 spiro atoms. The lowest BCUT2D eigenvalue weighted by Crippen LogP contribution is -2.60. The third kappa shape index (κ3) is 13.8. The molecule has 1 saturated heterocycles. The Labute approximate surface area is 240 Å². The number of hydrogen-bond donors (Lipinski definition) is 5. The van der Waals surface area contributed by atoms with Crippen molar-refractivity contribution in [1.29, 1.82) is 0 Å². The van der Waals surface area contributed by atoms with Crippen LogP contribution < -0.4 is 27.1 Å². The van der Waals surface area contributed by atoms with Crippen LogP contribution in [-0.2, 0) is 9.59 Å². The van der Waals surface area contributed by atoms with Crippen molar-refractivity contribution in [3.05, 3.63) is 0 Å². The van der Waals surface area contributed by atoms with Crippen molar-refractivity contribution in [3.8, 4) is 0 Å². The Balaban J connectivity index is 2.82. The molecule has 0 unspecified atom stereocenters. The predicted molar refractivity (Wildman–Crippen MR) is 164 cm³/mol. The number of carbonyl (C=O) groups is 2. The zero-order valence-corrected chi connectivity index (χ0v) is 27.4. The molecule has 8 nitrogen and oxygen atoms in total. The highest BCUT2D eigenvalue weighted by Crippen LogP contribution is 2.52. The number of hydrogen-bond acceptors (Lipinski definition) is 6. The first-order valence-corrected chi connectivity index (χ1v) is 15.2. The molecule has 0 bridgehead atoms. The van der Waals surface area contributed by atoms with E-state index in [1.165, 1.54) is 0 Å². The monoisotopic (exact) mass is 553 g/mol. The summed E-state index contributed by atoms with van der Waals surface area (Å²) < 4.78 is 0. The molecule has 0 aromatic rings. The van der Waals surface area contributed by atoms with Gasteiger partial charge in [0.25, 0.3) is 0 Å². The fourth-order valence-corrected chi connectivity index (χ4v) is 6.10. The standard InChI is InChI=1S/C31H64N6O2/c1-27(2,3)21-29(6,7)30(8,9)22-28(4,5)20-25(38)35-24(14-12-13-15-32)26(39)36-31(10,11)23-34-37-18-16-33-17-19-37/h24,33-34H,12-23,32H2,1-11H3,(H,35,38)(H,36,39)/t24-/m0/s1. The van der Waals surface area contributed by atoms with Gasteiger partial charge in [0.1, 0.15) is 6.04 Å². The van der Waals surface area contributed by atoms with Gasteiger partial charge in [0.05, 0.1) is 0 Å². The van der Waals surface area contributed by atoms with E-state index in [4.69, 9.17) is 5.73 Å². The molecule has 39 heavy (non-hydrogen) atoms. The van der Waals surface area contributed by atoms with E-state index in [1.54, 1.807) is 0 Å². The van der Waals surface area contributed by atoms with Gasteiger partial charge in [-0.25, -0.2) is 5.01 Å². The quantitative estimate of drug-likeness (QED) is 0.184. The van der Waals surface area contributed by atoms with Crippen LogP contribution in [-0.4, -0.2) is 67.7 Å². The van der Waals surface area contributed by atoms with Crippen LogP contribution in [0.25, 0.3) is 0 Å². The van der Waals surface area contributed by atoms with Crippen LogP contribution in [0.5, 0.6) is 0 Å². The van der Waals surface area contributed by atoms with E-state index in [0.29, 0.717) is 25.9 Å². The zero-order valence-electron chi connectivity index (χ0n) is 27.4. The van der Waals surface area contributed by atoms with Crippen molar-refractivity contribution in [1.82, 2.24) is 26.4 Å². The van der Waals surface area contributed by atoms with Crippen molar-refractivity contribution < 1.29 is 9.59 Å². The summed E-state index contributed by atoms with van der Waals surface area (Å²) >= 11 is 0. The Kier molecular flexibility index (Phi) is 13.4. The molecule has 2 amide bonds. The van der Waals surface area contributed by atoms with Crippen molar-refractivity contribution >= 4 is 11.8 Å². The van der Waals surface area contributed by atoms with Gasteiger partial charge in [0.15, 0.2) is 0 Å². The number of carbonyl (C=O) groups excluding carboxylic acids is 2. The molecule has 0 saturated carbocycles. The maximum absolute atomic E-state index is 13.4. The molecule has 0 aromatic heterocycles. The number of unbranched alkanes of at least 4 members (excludes halogenated alkanes) is 1. The maximum Gasteiger partial charge on any atom is 0.243 e. The SMILES string of the molecule is CC(C)(C)CC(C)(C)C(C)(C)CC(C)(C)CC(=O)N[C@@H](CCCCN)C(=O)NC(C)(C)CNN1CCNCC1. The summed E-state index contributed by atoms with van der Waals surface area (Å²) in [6, 6.07) is -0.566. The van der Waals surface area contributed by atoms with Gasteiger partial charge in [-0.05, 0) is 74.2 Å². The molecular formula is C31H64N6O2. The number of rotatable bonds is 16. The molecule has 1 atom stereocenters. The van der Waals surface area contributed by atoms with Crippen molar-refractivity contribution in [2.75, 3.05) is 39.3 Å². The molecule has 1 heterocycles. The highest BCUT2D eigenvalue weighted by Gasteiger charge is 2.43. The molecule has 8 heteroatoms. The summed E-state index contributed by atoms with van der Waals surface area (Å²) in [5.41, 5.74) is 8.91. The number of piperazine rings is 1. The largest absolute Gasteiger partial charge is 0.348 e. The maximum atomic E-state index is 13.4. The fourth-order valence-electron chi connectivity index (χ4n) is 6.10. The van der Waals surface area contributed by atoms with Crippen molar-refractivity contribution in [3.63, 3.8) is 0 Å². The molecule has 0 radical (unpaired) electrons. The van der Waals surface area contributed by atoms with Crippen LogP contribution in [0.2, 0.25) is 0 Å². The summed E-state index contributed by atoms with van der Waals surface area (Å²) in [4.78, 5) is 26.7. The van der Waals surface area contributed by atoms with Crippen molar-refractivity contribution in [2.24, 2.45) is 27.4 Å². The first kappa shape index (κ1) is 35.8. The Morgan fingerprint density at radius 1 is 0.872 bits per heavy atom. The minimum absolute atomic E-state index is 0.0450. The smallest absolute Gasteiger partial charge is 0.243 e. The van der Waals surface area contributed by atoms with E-state index in [-0.39, 0.29) is 33.5 Å². The van der Waals surface area contributed by atoms with Gasteiger partial charge < -0.3 is 21.7 Å². The second-order valence-electron chi connectivity index (χ2n) is 15.9. The lowest BCUT2D eigenvalue weighted by molar-refractivity contribution is -0.131. The molecule has 0 aromatic carbocycles. The van der Waals surface area contributed by atoms with E-state index in [9.17, 15) is 9.59 Å². The normalized spacial score (nSPS) is 17.1. The second-order valence-corrected chi connectivity index (χ2v) is 15.9. The van der Waals surface area contributed by atoms with Crippen LogP contribution in [0.15, 0.2) is 0 Å². The van der Waals surface area contributed by atoms with Gasteiger partial charge in [-0.15, -0.1) is 0 Å². The Morgan fingerprint density at radius 2 is 1.44 bits per heavy atom. The van der Waals surface area contributed by atoms with Crippen LogP contribution >= 0.6 is 0 Å². The summed E-state index contributed by atoms with van der Waals surface area (Å²) in [6.07, 6.45) is 4.63. The van der Waals surface area contributed by atoms with E-state index < -0.39 is 11.6 Å². The van der Waals surface area contributed by atoms with Crippen LogP contribution in [0.4, 0.5) is 0 Å². The molecule has 6 N–H and O–H groups in total. The number of nitrogens with zero attached hydrogens (tertiary/aromatic N) is 1. The summed E-state index contributed by atoms with van der Waals surface area (Å²) in [5, 5.41) is 11.8. The highest BCUT2D eigenvalue weighted by atomic mass is 16.2. The molecule has 1 rings (SSSR count). The van der Waals surface area contributed by atoms with Crippen LogP contribution in [0, 0.1) is 21.7 Å². The molecular weight excluding hydrogens is 488 g/mol. The van der Waals surface area contributed by atoms with Crippen LogP contribution in [0.1, 0.15) is 115 Å². The molecule has 230 valence electrons. The van der Waals surface area contributed by atoms with Gasteiger partial charge in [-0.1, -0.05) is 62.3 Å². The molecule has 1 fully saturated rings. The second kappa shape index (κ2) is 14.6. The highest BCUT2D eigenvalue weighted by molar-refractivity contribution is 5.88. The number of hydrazine groups is 1. The minimum Gasteiger partial charge on any atom is -0.348 e. The van der Waals surface area contributed by atoms with E-state index in [1.807, 2.05) is 13.8 Å². The predicted octanol–water partition coefficient (Wildman–Crippen LogP) is 4.20. The first-order chi connectivity index (χ1) is 17.7. The van der Waals surface area contributed by atoms with E-state index >= 15 is 0 Å². The number of nitrogens with one attached hydrogen (secondary N) is 4. The minimum atomic E-state index is -0.566. The van der Waals surface area contributed by atoms with Crippen molar-refractivity contribution in [2.45, 2.75) is 126 Å². The van der Waals surface area contributed by atoms with Gasteiger partial charge in [0, 0.05) is 44.7 Å². The van der Waals surface area contributed by atoms with Gasteiger partial charge >= 0.3 is 0 Å². The van der Waals surface area contributed by atoms with Crippen LogP contribution in [0.3, 0.4) is 0 Å². The number of amides is 2. The average molecular weight is 553 g/mol.